The number of ether oxygens (including phenoxy) is 2. The lowest BCUT2D eigenvalue weighted by Gasteiger charge is -2.06. The SMILES string of the molecule is CCCCCCCCCCCCCCOC(=O)CCCCCNC(=O)OC. The molecule has 0 aromatic heterocycles. The van der Waals surface area contributed by atoms with Gasteiger partial charge in [0.2, 0.25) is 0 Å². The molecule has 0 aliphatic heterocycles. The number of carbonyl (C=O) groups excluding carboxylic acids is 2. The average molecular weight is 386 g/mol. The first kappa shape index (κ1) is 25.7. The van der Waals surface area contributed by atoms with Crippen molar-refractivity contribution in [3.8, 4) is 0 Å². The molecule has 0 fully saturated rings. The molecule has 0 aromatic carbocycles. The molecule has 1 N–H and O–H groups in total. The Morgan fingerprint density at radius 2 is 1.22 bits per heavy atom. The number of rotatable bonds is 19. The molecule has 5 nitrogen and oxygen atoms in total. The first-order valence-electron chi connectivity index (χ1n) is 11.2. The van der Waals surface area contributed by atoms with Gasteiger partial charge in [-0.25, -0.2) is 4.79 Å². The largest absolute Gasteiger partial charge is 0.466 e. The summed E-state index contributed by atoms with van der Waals surface area (Å²) in [7, 11) is 1.35. The Labute approximate surface area is 167 Å². The second-order valence-corrected chi connectivity index (χ2v) is 7.34. The van der Waals surface area contributed by atoms with E-state index in [2.05, 4.69) is 17.0 Å². The summed E-state index contributed by atoms with van der Waals surface area (Å²) >= 11 is 0. The molecule has 0 heterocycles. The third kappa shape index (κ3) is 20.9. The summed E-state index contributed by atoms with van der Waals surface area (Å²) in [5, 5.41) is 2.62. The summed E-state index contributed by atoms with van der Waals surface area (Å²) in [4.78, 5) is 22.5. The molecule has 0 spiro atoms. The topological polar surface area (TPSA) is 64.6 Å². The number of hydrogen-bond donors (Lipinski definition) is 1. The Morgan fingerprint density at radius 1 is 0.704 bits per heavy atom. The van der Waals surface area contributed by atoms with E-state index in [9.17, 15) is 9.59 Å². The van der Waals surface area contributed by atoms with Gasteiger partial charge in [0.25, 0.3) is 0 Å². The summed E-state index contributed by atoms with van der Waals surface area (Å²) in [5.74, 6) is -0.0981. The second kappa shape index (κ2) is 21.0. The van der Waals surface area contributed by atoms with Crippen molar-refractivity contribution in [1.82, 2.24) is 5.32 Å². The fourth-order valence-electron chi connectivity index (χ4n) is 3.03. The Balaban J connectivity index is 3.18. The van der Waals surface area contributed by atoms with Crippen molar-refractivity contribution < 1.29 is 19.1 Å². The molecule has 0 rings (SSSR count). The zero-order valence-corrected chi connectivity index (χ0v) is 17.9. The van der Waals surface area contributed by atoms with Gasteiger partial charge in [0.15, 0.2) is 0 Å². The normalized spacial score (nSPS) is 10.6. The van der Waals surface area contributed by atoms with Crippen molar-refractivity contribution in [2.24, 2.45) is 0 Å². The maximum absolute atomic E-state index is 11.6. The molecule has 5 heteroatoms. The third-order valence-electron chi connectivity index (χ3n) is 4.77. The van der Waals surface area contributed by atoms with Crippen LogP contribution in [0.1, 0.15) is 110 Å². The average Bonchev–Trinajstić information content (AvgIpc) is 2.67. The summed E-state index contributed by atoms with van der Waals surface area (Å²) in [6.45, 7) is 3.40. The van der Waals surface area contributed by atoms with E-state index in [0.717, 1.165) is 32.1 Å². The summed E-state index contributed by atoms with van der Waals surface area (Å²) in [6.07, 6.45) is 18.3. The highest BCUT2D eigenvalue weighted by molar-refractivity contribution is 5.69. The standard InChI is InChI=1S/C22H43NO4/c1-3-4-5-6-7-8-9-10-11-12-13-17-20-27-21(24)18-15-14-16-19-23-22(25)26-2/h3-20H2,1-2H3,(H,23,25). The molecule has 27 heavy (non-hydrogen) atoms. The Morgan fingerprint density at radius 3 is 1.78 bits per heavy atom. The minimum absolute atomic E-state index is 0.0981. The zero-order valence-electron chi connectivity index (χ0n) is 17.9. The fraction of sp³-hybridized carbons (Fsp3) is 0.909. The molecular formula is C22H43NO4. The van der Waals surface area contributed by atoms with Crippen LogP contribution < -0.4 is 5.32 Å². The van der Waals surface area contributed by atoms with E-state index in [1.165, 1.54) is 71.3 Å². The smallest absolute Gasteiger partial charge is 0.406 e. The van der Waals surface area contributed by atoms with Gasteiger partial charge in [-0.05, 0) is 19.3 Å². The van der Waals surface area contributed by atoms with E-state index in [1.54, 1.807) is 0 Å². The van der Waals surface area contributed by atoms with E-state index < -0.39 is 6.09 Å². The van der Waals surface area contributed by atoms with E-state index >= 15 is 0 Å². The van der Waals surface area contributed by atoms with Crippen LogP contribution in [-0.2, 0) is 14.3 Å². The maximum atomic E-state index is 11.6. The first-order valence-corrected chi connectivity index (χ1v) is 11.2. The van der Waals surface area contributed by atoms with E-state index in [0.29, 0.717) is 19.6 Å². The number of carbonyl (C=O) groups is 2. The van der Waals surface area contributed by atoms with Crippen LogP contribution in [-0.4, -0.2) is 32.3 Å². The minimum atomic E-state index is -0.406. The van der Waals surface area contributed by atoms with Gasteiger partial charge < -0.3 is 14.8 Å². The number of methoxy groups -OCH3 is 1. The van der Waals surface area contributed by atoms with Crippen LogP contribution in [0.25, 0.3) is 0 Å². The van der Waals surface area contributed by atoms with E-state index in [1.807, 2.05) is 0 Å². The van der Waals surface area contributed by atoms with Crippen LogP contribution in [0.5, 0.6) is 0 Å². The molecule has 1 amide bonds. The van der Waals surface area contributed by atoms with Crippen LogP contribution in [0, 0.1) is 0 Å². The van der Waals surface area contributed by atoms with Crippen molar-refractivity contribution in [3.05, 3.63) is 0 Å². The quantitative estimate of drug-likeness (QED) is 0.214. The Hall–Kier alpha value is -1.26. The number of alkyl carbamates (subject to hydrolysis) is 1. The molecule has 0 aliphatic carbocycles. The predicted octanol–water partition coefficient (Wildman–Crippen LogP) is 6.15. The van der Waals surface area contributed by atoms with Crippen molar-refractivity contribution in [2.75, 3.05) is 20.3 Å². The predicted molar refractivity (Wildman–Crippen MR) is 111 cm³/mol. The van der Waals surface area contributed by atoms with E-state index in [4.69, 9.17) is 4.74 Å². The summed E-state index contributed by atoms with van der Waals surface area (Å²) in [6, 6.07) is 0. The zero-order chi connectivity index (χ0) is 20.0. The van der Waals surface area contributed by atoms with Crippen LogP contribution in [0.15, 0.2) is 0 Å². The lowest BCUT2D eigenvalue weighted by Crippen LogP contribution is -2.23. The van der Waals surface area contributed by atoms with Gasteiger partial charge in [-0.1, -0.05) is 84.0 Å². The van der Waals surface area contributed by atoms with Crippen LogP contribution >= 0.6 is 0 Å². The molecule has 0 aromatic rings. The van der Waals surface area contributed by atoms with Gasteiger partial charge in [-0.3, -0.25) is 4.79 Å². The molecule has 0 bridgehead atoms. The molecule has 0 saturated heterocycles. The van der Waals surface area contributed by atoms with Gasteiger partial charge in [0.1, 0.15) is 0 Å². The number of unbranched alkanes of at least 4 members (excludes halogenated alkanes) is 13. The highest BCUT2D eigenvalue weighted by Gasteiger charge is 2.03. The van der Waals surface area contributed by atoms with Crippen molar-refractivity contribution >= 4 is 12.1 Å². The first-order chi connectivity index (χ1) is 13.2. The van der Waals surface area contributed by atoms with E-state index in [-0.39, 0.29) is 5.97 Å². The number of hydrogen-bond acceptors (Lipinski definition) is 4. The second-order valence-electron chi connectivity index (χ2n) is 7.34. The molecule has 0 atom stereocenters. The van der Waals surface area contributed by atoms with Crippen molar-refractivity contribution in [1.29, 1.82) is 0 Å². The van der Waals surface area contributed by atoms with Crippen LogP contribution in [0.3, 0.4) is 0 Å². The molecule has 160 valence electrons. The monoisotopic (exact) mass is 385 g/mol. The molecule has 0 aliphatic rings. The maximum Gasteiger partial charge on any atom is 0.406 e. The Kier molecular flexibility index (Phi) is 20.1. The molecule has 0 radical (unpaired) electrons. The van der Waals surface area contributed by atoms with Crippen LogP contribution in [0.4, 0.5) is 4.79 Å². The molecule has 0 unspecified atom stereocenters. The number of esters is 1. The summed E-state index contributed by atoms with van der Waals surface area (Å²) < 4.78 is 9.75. The lowest BCUT2D eigenvalue weighted by molar-refractivity contribution is -0.143. The third-order valence-corrected chi connectivity index (χ3v) is 4.77. The van der Waals surface area contributed by atoms with Gasteiger partial charge in [0.05, 0.1) is 13.7 Å². The fourth-order valence-corrected chi connectivity index (χ4v) is 3.03. The highest BCUT2D eigenvalue weighted by atomic mass is 16.5. The van der Waals surface area contributed by atoms with Gasteiger partial charge >= 0.3 is 12.1 Å². The number of amides is 1. The molecule has 0 saturated carbocycles. The van der Waals surface area contributed by atoms with Gasteiger partial charge in [0, 0.05) is 13.0 Å². The Bertz CT molecular complexity index is 347. The van der Waals surface area contributed by atoms with Gasteiger partial charge in [-0.15, -0.1) is 0 Å². The molecular weight excluding hydrogens is 342 g/mol. The minimum Gasteiger partial charge on any atom is -0.466 e. The lowest BCUT2D eigenvalue weighted by atomic mass is 10.1. The van der Waals surface area contributed by atoms with Crippen molar-refractivity contribution in [2.45, 2.75) is 110 Å². The highest BCUT2D eigenvalue weighted by Crippen LogP contribution is 2.12. The summed E-state index contributed by atoms with van der Waals surface area (Å²) in [5.41, 5.74) is 0. The number of nitrogens with one attached hydrogen (secondary N) is 1. The van der Waals surface area contributed by atoms with Gasteiger partial charge in [-0.2, -0.15) is 0 Å². The van der Waals surface area contributed by atoms with Crippen molar-refractivity contribution in [3.63, 3.8) is 0 Å². The van der Waals surface area contributed by atoms with Crippen LogP contribution in [0.2, 0.25) is 0 Å².